The van der Waals surface area contributed by atoms with Crippen LogP contribution < -0.4 is 5.32 Å². The first-order valence-corrected chi connectivity index (χ1v) is 15.2. The SMILES string of the molecule is CCc1[nH]c2ccc(-c3cncc(CN4CCCCC4)c3)cc2c1C(=O)NC1=CCC(c2ccccc2)CCC=C1. The Labute approximate surface area is 243 Å². The zero-order chi connectivity index (χ0) is 28.0. The molecule has 2 N–H and O–H groups in total. The average molecular weight is 545 g/mol. The van der Waals surface area contributed by atoms with Gasteiger partial charge in [0.25, 0.3) is 5.91 Å². The summed E-state index contributed by atoms with van der Waals surface area (Å²) in [5.74, 6) is 0.393. The maximum atomic E-state index is 13.8. The molecule has 3 heterocycles. The van der Waals surface area contributed by atoms with E-state index >= 15 is 0 Å². The Hall–Kier alpha value is -3.96. The number of rotatable bonds is 7. The van der Waals surface area contributed by atoms with Crippen molar-refractivity contribution in [1.82, 2.24) is 20.2 Å². The Kier molecular flexibility index (Phi) is 8.43. The molecule has 0 radical (unpaired) electrons. The van der Waals surface area contributed by atoms with Gasteiger partial charge in [-0.2, -0.15) is 0 Å². The summed E-state index contributed by atoms with van der Waals surface area (Å²) in [6.07, 6.45) is 18.0. The van der Waals surface area contributed by atoms with Gasteiger partial charge in [0.05, 0.1) is 5.56 Å². The molecule has 0 bridgehead atoms. The topological polar surface area (TPSA) is 61.0 Å². The molecule has 1 aliphatic heterocycles. The molecule has 41 heavy (non-hydrogen) atoms. The minimum Gasteiger partial charge on any atom is -0.358 e. The lowest BCUT2D eigenvalue weighted by Gasteiger charge is -2.26. The van der Waals surface area contributed by atoms with Crippen molar-refractivity contribution in [3.63, 3.8) is 0 Å². The fraction of sp³-hybridized carbons (Fsp3) is 0.333. The molecule has 2 aromatic heterocycles. The summed E-state index contributed by atoms with van der Waals surface area (Å²) < 4.78 is 0. The summed E-state index contributed by atoms with van der Waals surface area (Å²) in [7, 11) is 0. The smallest absolute Gasteiger partial charge is 0.258 e. The molecule has 1 amide bonds. The Bertz CT molecular complexity index is 1560. The number of carbonyl (C=O) groups is 1. The number of aromatic amines is 1. The molecule has 6 rings (SSSR count). The second-order valence-corrected chi connectivity index (χ2v) is 11.4. The molecule has 1 atom stereocenters. The first-order valence-electron chi connectivity index (χ1n) is 15.2. The minimum absolute atomic E-state index is 0.0602. The number of pyridine rings is 1. The zero-order valence-corrected chi connectivity index (χ0v) is 24.0. The summed E-state index contributed by atoms with van der Waals surface area (Å²) >= 11 is 0. The van der Waals surface area contributed by atoms with Crippen LogP contribution in [0, 0.1) is 0 Å². The third-order valence-corrected chi connectivity index (χ3v) is 8.57. The number of piperidine rings is 1. The maximum Gasteiger partial charge on any atom is 0.258 e. The number of H-pyrrole nitrogens is 1. The number of amides is 1. The predicted molar refractivity (Wildman–Crippen MR) is 168 cm³/mol. The lowest BCUT2D eigenvalue weighted by atomic mass is 9.89. The maximum absolute atomic E-state index is 13.8. The van der Waals surface area contributed by atoms with E-state index in [9.17, 15) is 4.79 Å². The van der Waals surface area contributed by atoms with E-state index in [1.165, 1.54) is 30.4 Å². The van der Waals surface area contributed by atoms with Crippen LogP contribution in [0.1, 0.15) is 78.5 Å². The highest BCUT2D eigenvalue weighted by molar-refractivity contribution is 6.09. The van der Waals surface area contributed by atoms with Gasteiger partial charge >= 0.3 is 0 Å². The van der Waals surface area contributed by atoms with Crippen molar-refractivity contribution in [2.24, 2.45) is 0 Å². The molecule has 1 saturated heterocycles. The van der Waals surface area contributed by atoms with Crippen LogP contribution in [0.2, 0.25) is 0 Å². The standard InChI is InChI=1S/C36H40N4O/c1-2-33-35(36(41)38-31-14-8-7-13-28(15-17-31)27-11-5-3-6-12-27)32-22-29(16-18-34(32)39-33)30-21-26(23-37-24-30)25-40-19-9-4-10-20-40/h3,5-6,8,11-12,14,16-18,21-24,28,39H,2,4,7,9-10,13,15,19-20,25H2,1H3,(H,38,41). The molecule has 1 unspecified atom stereocenters. The van der Waals surface area contributed by atoms with Crippen molar-refractivity contribution in [2.75, 3.05) is 13.1 Å². The van der Waals surface area contributed by atoms with Crippen molar-refractivity contribution in [1.29, 1.82) is 0 Å². The van der Waals surface area contributed by atoms with Crippen molar-refractivity contribution in [3.05, 3.63) is 113 Å². The molecule has 0 spiro atoms. The van der Waals surface area contributed by atoms with E-state index in [1.807, 2.05) is 12.4 Å². The second-order valence-electron chi connectivity index (χ2n) is 11.4. The highest BCUT2D eigenvalue weighted by Gasteiger charge is 2.20. The first-order chi connectivity index (χ1) is 20.2. The fourth-order valence-electron chi connectivity index (χ4n) is 6.34. The van der Waals surface area contributed by atoms with Gasteiger partial charge < -0.3 is 10.3 Å². The monoisotopic (exact) mass is 544 g/mol. The zero-order valence-electron chi connectivity index (χ0n) is 24.0. The normalized spacial score (nSPS) is 18.1. The number of aryl methyl sites for hydroxylation is 1. The number of hydrogen-bond donors (Lipinski definition) is 2. The number of hydrogen-bond acceptors (Lipinski definition) is 3. The largest absolute Gasteiger partial charge is 0.358 e. The molecular weight excluding hydrogens is 504 g/mol. The number of aromatic nitrogens is 2. The van der Waals surface area contributed by atoms with Gasteiger partial charge in [-0.25, -0.2) is 0 Å². The second kappa shape index (κ2) is 12.7. The molecule has 210 valence electrons. The molecule has 2 aliphatic rings. The van der Waals surface area contributed by atoms with Crippen LogP contribution in [-0.4, -0.2) is 33.9 Å². The third-order valence-electron chi connectivity index (χ3n) is 8.57. The summed E-state index contributed by atoms with van der Waals surface area (Å²) in [6, 6.07) is 19.3. The molecular formula is C36H40N4O. The Balaban J connectivity index is 1.25. The van der Waals surface area contributed by atoms with Crippen LogP contribution in [0.3, 0.4) is 0 Å². The van der Waals surface area contributed by atoms with Crippen LogP contribution in [0.15, 0.2) is 90.9 Å². The number of carbonyl (C=O) groups excluding carboxylic acids is 1. The Morgan fingerprint density at radius 3 is 2.71 bits per heavy atom. The third kappa shape index (κ3) is 6.36. The average Bonchev–Trinajstić information content (AvgIpc) is 3.38. The van der Waals surface area contributed by atoms with Crippen molar-refractivity contribution in [3.8, 4) is 11.1 Å². The number of nitrogens with zero attached hydrogens (tertiary/aromatic N) is 2. The quantitative estimate of drug-likeness (QED) is 0.248. The van der Waals surface area contributed by atoms with Gasteiger partial charge in [-0.1, -0.05) is 61.9 Å². The number of benzene rings is 2. The Morgan fingerprint density at radius 2 is 1.88 bits per heavy atom. The van der Waals surface area contributed by atoms with Crippen LogP contribution in [-0.2, 0) is 13.0 Å². The van der Waals surface area contributed by atoms with Crippen molar-refractivity contribution >= 4 is 16.8 Å². The number of allylic oxidation sites excluding steroid dienone is 3. The minimum atomic E-state index is -0.0602. The molecule has 4 aromatic rings. The molecule has 5 nitrogen and oxygen atoms in total. The van der Waals surface area contributed by atoms with Gasteiger partial charge in [-0.3, -0.25) is 14.7 Å². The van der Waals surface area contributed by atoms with E-state index in [-0.39, 0.29) is 5.91 Å². The molecule has 0 saturated carbocycles. The highest BCUT2D eigenvalue weighted by Crippen LogP contribution is 2.31. The lowest BCUT2D eigenvalue weighted by molar-refractivity contribution is 0.0967. The molecule has 2 aromatic carbocycles. The summed E-state index contributed by atoms with van der Waals surface area (Å²) in [6.45, 7) is 5.36. The van der Waals surface area contributed by atoms with E-state index in [0.29, 0.717) is 5.92 Å². The fourth-order valence-corrected chi connectivity index (χ4v) is 6.34. The van der Waals surface area contributed by atoms with Gasteiger partial charge in [0.2, 0.25) is 0 Å². The van der Waals surface area contributed by atoms with E-state index in [4.69, 9.17) is 0 Å². The summed E-state index contributed by atoms with van der Waals surface area (Å²) in [5, 5.41) is 4.19. The summed E-state index contributed by atoms with van der Waals surface area (Å²) in [5.41, 5.74) is 8.32. The van der Waals surface area contributed by atoms with Crippen LogP contribution in [0.4, 0.5) is 0 Å². The van der Waals surface area contributed by atoms with Gasteiger partial charge in [0.1, 0.15) is 0 Å². The number of fused-ring (bicyclic) bond motifs is 1. The van der Waals surface area contributed by atoms with E-state index < -0.39 is 0 Å². The van der Waals surface area contributed by atoms with Crippen molar-refractivity contribution < 1.29 is 4.79 Å². The lowest BCUT2D eigenvalue weighted by Crippen LogP contribution is -2.29. The van der Waals surface area contributed by atoms with Crippen LogP contribution in [0.25, 0.3) is 22.0 Å². The number of nitrogens with one attached hydrogen (secondary N) is 2. The molecule has 1 aliphatic carbocycles. The van der Waals surface area contributed by atoms with E-state index in [2.05, 4.69) is 99.9 Å². The van der Waals surface area contributed by atoms with E-state index in [0.717, 1.165) is 84.3 Å². The molecule has 5 heteroatoms. The van der Waals surface area contributed by atoms with Gasteiger partial charge in [-0.15, -0.1) is 0 Å². The van der Waals surface area contributed by atoms with Gasteiger partial charge in [0.15, 0.2) is 0 Å². The molecule has 1 fully saturated rings. The predicted octanol–water partition coefficient (Wildman–Crippen LogP) is 7.92. The van der Waals surface area contributed by atoms with Crippen LogP contribution >= 0.6 is 0 Å². The first kappa shape index (κ1) is 27.2. The summed E-state index contributed by atoms with van der Waals surface area (Å²) in [4.78, 5) is 24.4. The number of likely N-dealkylation sites (tertiary alicyclic amines) is 1. The van der Waals surface area contributed by atoms with E-state index in [1.54, 1.807) is 0 Å². The Morgan fingerprint density at radius 1 is 1.02 bits per heavy atom. The van der Waals surface area contributed by atoms with Crippen LogP contribution in [0.5, 0.6) is 0 Å². The van der Waals surface area contributed by atoms with Gasteiger partial charge in [-0.05, 0) is 98.5 Å². The van der Waals surface area contributed by atoms with Crippen molar-refractivity contribution in [2.45, 2.75) is 64.3 Å². The highest BCUT2D eigenvalue weighted by atomic mass is 16.1. The van der Waals surface area contributed by atoms with Gasteiger partial charge in [0, 0.05) is 46.8 Å².